The van der Waals surface area contributed by atoms with Crippen molar-refractivity contribution in [3.8, 4) is 0 Å². The maximum atomic E-state index is 13.6. The molecule has 0 saturated heterocycles. The van der Waals surface area contributed by atoms with Crippen molar-refractivity contribution in [3.63, 3.8) is 0 Å². The molecule has 0 atom stereocenters. The molecule has 0 aliphatic rings. The molecule has 1 aromatic rings. The van der Waals surface area contributed by atoms with Gasteiger partial charge in [-0.25, -0.2) is 17.1 Å². The molecule has 1 aromatic carbocycles. The molecule has 0 amide bonds. The van der Waals surface area contributed by atoms with Gasteiger partial charge in [0.1, 0.15) is 4.90 Å². The van der Waals surface area contributed by atoms with Crippen LogP contribution in [0.3, 0.4) is 0 Å². The number of aliphatic carboxylic acids is 1. The van der Waals surface area contributed by atoms with E-state index in [0.717, 1.165) is 10.4 Å². The highest BCUT2D eigenvalue weighted by Gasteiger charge is 2.25. The van der Waals surface area contributed by atoms with Gasteiger partial charge in [0.2, 0.25) is 10.0 Å². The van der Waals surface area contributed by atoms with Crippen molar-refractivity contribution in [2.75, 3.05) is 13.6 Å². The fourth-order valence-corrected chi connectivity index (χ4v) is 2.71. The predicted octanol–water partition coefficient (Wildman–Crippen LogP) is 1.57. The molecular formula is C10H11ClFNO4S. The molecule has 0 aliphatic carbocycles. The van der Waals surface area contributed by atoms with Crippen LogP contribution >= 0.6 is 11.6 Å². The number of hydrogen-bond donors (Lipinski definition) is 1. The van der Waals surface area contributed by atoms with E-state index >= 15 is 0 Å². The quantitative estimate of drug-likeness (QED) is 0.895. The van der Waals surface area contributed by atoms with Crippen LogP contribution in [0, 0.1) is 5.82 Å². The number of rotatable bonds is 5. The van der Waals surface area contributed by atoms with Crippen LogP contribution in [-0.4, -0.2) is 37.4 Å². The summed E-state index contributed by atoms with van der Waals surface area (Å²) in [7, 11) is -2.90. The minimum Gasteiger partial charge on any atom is -0.481 e. The van der Waals surface area contributed by atoms with E-state index in [1.54, 1.807) is 0 Å². The SMILES string of the molecule is CN(CCC(=O)O)S(=O)(=O)c1cccc(Cl)c1F. The maximum Gasteiger partial charge on any atom is 0.304 e. The molecular weight excluding hydrogens is 285 g/mol. The zero-order chi connectivity index (χ0) is 13.9. The van der Waals surface area contributed by atoms with Gasteiger partial charge in [-0.3, -0.25) is 4.79 Å². The second kappa shape index (κ2) is 5.64. The van der Waals surface area contributed by atoms with Crippen molar-refractivity contribution in [2.24, 2.45) is 0 Å². The van der Waals surface area contributed by atoms with Crippen molar-refractivity contribution >= 4 is 27.6 Å². The molecule has 100 valence electrons. The Morgan fingerprint density at radius 1 is 1.50 bits per heavy atom. The van der Waals surface area contributed by atoms with E-state index in [-0.39, 0.29) is 18.0 Å². The Labute approximate surface area is 109 Å². The van der Waals surface area contributed by atoms with Crippen LogP contribution in [0.25, 0.3) is 0 Å². The summed E-state index contributed by atoms with van der Waals surface area (Å²) in [4.78, 5) is 9.80. The average molecular weight is 296 g/mol. The second-order valence-corrected chi connectivity index (χ2v) is 5.94. The van der Waals surface area contributed by atoms with Crippen molar-refractivity contribution in [1.82, 2.24) is 4.31 Å². The highest BCUT2D eigenvalue weighted by Crippen LogP contribution is 2.24. The Morgan fingerprint density at radius 3 is 2.67 bits per heavy atom. The molecule has 0 aliphatic heterocycles. The largest absolute Gasteiger partial charge is 0.481 e. The van der Waals surface area contributed by atoms with Crippen molar-refractivity contribution in [3.05, 3.63) is 29.0 Å². The first-order chi connectivity index (χ1) is 8.26. The lowest BCUT2D eigenvalue weighted by molar-refractivity contribution is -0.137. The summed E-state index contributed by atoms with van der Waals surface area (Å²) in [6.45, 7) is -0.246. The van der Waals surface area contributed by atoms with Crippen LogP contribution in [0.5, 0.6) is 0 Å². The lowest BCUT2D eigenvalue weighted by Crippen LogP contribution is -2.29. The van der Waals surface area contributed by atoms with Gasteiger partial charge in [0.15, 0.2) is 5.82 Å². The number of carbonyl (C=O) groups is 1. The summed E-state index contributed by atoms with van der Waals surface area (Å²) in [6.07, 6.45) is -0.363. The zero-order valence-electron chi connectivity index (χ0n) is 9.43. The molecule has 0 heterocycles. The minimum absolute atomic E-state index is 0.246. The highest BCUT2D eigenvalue weighted by atomic mass is 35.5. The van der Waals surface area contributed by atoms with Gasteiger partial charge in [0.25, 0.3) is 0 Å². The van der Waals surface area contributed by atoms with Gasteiger partial charge < -0.3 is 5.11 Å². The van der Waals surface area contributed by atoms with E-state index in [9.17, 15) is 17.6 Å². The van der Waals surface area contributed by atoms with Crippen LogP contribution in [0.2, 0.25) is 5.02 Å². The Hall–Kier alpha value is -1.18. The topological polar surface area (TPSA) is 74.7 Å². The van der Waals surface area contributed by atoms with Crippen LogP contribution in [0.15, 0.2) is 23.1 Å². The highest BCUT2D eigenvalue weighted by molar-refractivity contribution is 7.89. The summed E-state index contributed by atoms with van der Waals surface area (Å²) in [5.74, 6) is -2.18. The van der Waals surface area contributed by atoms with Gasteiger partial charge in [-0.1, -0.05) is 17.7 Å². The smallest absolute Gasteiger partial charge is 0.304 e. The number of halogens is 2. The molecule has 5 nitrogen and oxygen atoms in total. The summed E-state index contributed by atoms with van der Waals surface area (Å²) < 4.78 is 38.3. The van der Waals surface area contributed by atoms with Gasteiger partial charge in [0.05, 0.1) is 11.4 Å². The van der Waals surface area contributed by atoms with E-state index in [1.165, 1.54) is 19.2 Å². The third-order valence-electron chi connectivity index (χ3n) is 2.24. The van der Waals surface area contributed by atoms with Crippen molar-refractivity contribution in [2.45, 2.75) is 11.3 Å². The first-order valence-electron chi connectivity index (χ1n) is 4.89. The molecule has 1 N–H and O–H groups in total. The standard InChI is InChI=1S/C10H11ClFNO4S/c1-13(6-5-9(14)15)18(16,17)8-4-2-3-7(11)10(8)12/h2-4H,5-6H2,1H3,(H,14,15). The summed E-state index contributed by atoms with van der Waals surface area (Å²) in [6, 6.07) is 3.62. The van der Waals surface area contributed by atoms with Gasteiger partial charge >= 0.3 is 5.97 Å². The number of sulfonamides is 1. The van der Waals surface area contributed by atoms with E-state index < -0.39 is 26.7 Å². The molecule has 0 aromatic heterocycles. The van der Waals surface area contributed by atoms with E-state index in [0.29, 0.717) is 0 Å². The van der Waals surface area contributed by atoms with E-state index in [1.807, 2.05) is 0 Å². The first-order valence-corrected chi connectivity index (χ1v) is 6.70. The van der Waals surface area contributed by atoms with Gasteiger partial charge in [-0.2, -0.15) is 0 Å². The Morgan fingerprint density at radius 2 is 2.11 bits per heavy atom. The van der Waals surface area contributed by atoms with Crippen LogP contribution in [0.4, 0.5) is 4.39 Å². The van der Waals surface area contributed by atoms with E-state index in [2.05, 4.69) is 0 Å². The number of benzene rings is 1. The predicted molar refractivity (Wildman–Crippen MR) is 63.5 cm³/mol. The van der Waals surface area contributed by atoms with Crippen LogP contribution in [0.1, 0.15) is 6.42 Å². The third kappa shape index (κ3) is 3.18. The first kappa shape index (κ1) is 14.9. The van der Waals surface area contributed by atoms with Crippen LogP contribution < -0.4 is 0 Å². The molecule has 0 fully saturated rings. The number of carboxylic acid groups (broad SMARTS) is 1. The molecule has 8 heteroatoms. The lowest BCUT2D eigenvalue weighted by Gasteiger charge is -2.16. The second-order valence-electron chi connectivity index (χ2n) is 3.52. The Kier molecular flexibility index (Phi) is 4.66. The van der Waals surface area contributed by atoms with Crippen molar-refractivity contribution < 1.29 is 22.7 Å². The Bertz CT molecular complexity index is 561. The molecule has 0 unspecified atom stereocenters. The normalized spacial score (nSPS) is 11.8. The summed E-state index contributed by atoms with van der Waals surface area (Å²) >= 11 is 5.50. The molecule has 0 saturated carbocycles. The van der Waals surface area contributed by atoms with Gasteiger partial charge in [-0.05, 0) is 12.1 Å². The molecule has 18 heavy (non-hydrogen) atoms. The van der Waals surface area contributed by atoms with Crippen molar-refractivity contribution in [1.29, 1.82) is 0 Å². The fraction of sp³-hybridized carbons (Fsp3) is 0.300. The summed E-state index contributed by atoms with van der Waals surface area (Å²) in [5.41, 5.74) is 0. The average Bonchev–Trinajstić information content (AvgIpc) is 2.29. The number of nitrogens with zero attached hydrogens (tertiary/aromatic N) is 1. The molecule has 0 spiro atoms. The fourth-order valence-electron chi connectivity index (χ4n) is 1.22. The number of carboxylic acids is 1. The number of hydrogen-bond acceptors (Lipinski definition) is 3. The molecule has 1 rings (SSSR count). The summed E-state index contributed by atoms with van der Waals surface area (Å²) in [5, 5.41) is 8.18. The zero-order valence-corrected chi connectivity index (χ0v) is 11.0. The van der Waals surface area contributed by atoms with Gasteiger partial charge in [-0.15, -0.1) is 0 Å². The molecule has 0 radical (unpaired) electrons. The molecule has 0 bridgehead atoms. The maximum absolute atomic E-state index is 13.6. The Balaban J connectivity index is 3.06. The van der Waals surface area contributed by atoms with Crippen LogP contribution in [-0.2, 0) is 14.8 Å². The van der Waals surface area contributed by atoms with E-state index in [4.69, 9.17) is 16.7 Å². The lowest BCUT2D eigenvalue weighted by atomic mass is 10.3. The third-order valence-corrected chi connectivity index (χ3v) is 4.41. The van der Waals surface area contributed by atoms with Gasteiger partial charge in [0, 0.05) is 13.6 Å². The monoisotopic (exact) mass is 295 g/mol. The minimum atomic E-state index is -4.08.